The lowest BCUT2D eigenvalue weighted by atomic mass is 9.87. The third-order valence-electron chi connectivity index (χ3n) is 3.39. The molecule has 0 bridgehead atoms. The van der Waals surface area contributed by atoms with Crippen molar-refractivity contribution in [3.05, 3.63) is 0 Å². The first-order valence-electron chi connectivity index (χ1n) is 6.69. The van der Waals surface area contributed by atoms with Gasteiger partial charge in [0, 0.05) is 13.7 Å². The lowest BCUT2D eigenvalue weighted by molar-refractivity contribution is -0.146. The summed E-state index contributed by atoms with van der Waals surface area (Å²) in [5.74, 6) is -1.15. The van der Waals surface area contributed by atoms with Crippen LogP contribution in [0.4, 0.5) is 0 Å². The fourth-order valence-corrected chi connectivity index (χ4v) is 2.22. The van der Waals surface area contributed by atoms with Gasteiger partial charge in [-0.15, -0.1) is 0 Å². The number of ether oxygens (including phenoxy) is 2. The Hall–Kier alpha value is -1.14. The third-order valence-corrected chi connectivity index (χ3v) is 3.39. The van der Waals surface area contributed by atoms with Crippen LogP contribution in [0.1, 0.15) is 32.6 Å². The van der Waals surface area contributed by atoms with Crippen molar-refractivity contribution in [2.24, 2.45) is 5.92 Å². The first-order valence-corrected chi connectivity index (χ1v) is 6.69. The summed E-state index contributed by atoms with van der Waals surface area (Å²) in [5, 5.41) is 11.6. The van der Waals surface area contributed by atoms with E-state index in [1.807, 2.05) is 0 Å². The minimum absolute atomic E-state index is 0.0150. The van der Waals surface area contributed by atoms with E-state index < -0.39 is 12.1 Å². The number of methoxy groups -OCH3 is 1. The maximum atomic E-state index is 11.7. The molecule has 1 aliphatic carbocycles. The normalized spacial score (nSPS) is 24.7. The van der Waals surface area contributed by atoms with Gasteiger partial charge in [-0.05, 0) is 32.6 Å². The van der Waals surface area contributed by atoms with Crippen molar-refractivity contribution < 1.29 is 24.2 Å². The molecule has 6 nitrogen and oxygen atoms in total. The maximum Gasteiger partial charge on any atom is 0.306 e. The summed E-state index contributed by atoms with van der Waals surface area (Å²) in [6.07, 6.45) is 2.12. The van der Waals surface area contributed by atoms with E-state index >= 15 is 0 Å². The lowest BCUT2D eigenvalue weighted by Gasteiger charge is -2.28. The summed E-state index contributed by atoms with van der Waals surface area (Å²) in [4.78, 5) is 22.5. The van der Waals surface area contributed by atoms with Gasteiger partial charge in [0.25, 0.3) is 0 Å². The highest BCUT2D eigenvalue weighted by molar-refractivity contribution is 5.80. The van der Waals surface area contributed by atoms with Crippen molar-refractivity contribution in [1.29, 1.82) is 0 Å². The minimum atomic E-state index is -0.733. The average molecular weight is 273 g/mol. The van der Waals surface area contributed by atoms with E-state index in [9.17, 15) is 9.59 Å². The molecule has 0 heterocycles. The molecule has 1 atom stereocenters. The van der Waals surface area contributed by atoms with Crippen LogP contribution in [0.5, 0.6) is 0 Å². The highest BCUT2D eigenvalue weighted by Crippen LogP contribution is 2.27. The van der Waals surface area contributed by atoms with Crippen LogP contribution in [-0.2, 0) is 19.1 Å². The molecule has 1 saturated carbocycles. The fraction of sp³-hybridized carbons (Fsp3) is 0.846. The molecule has 0 aromatic rings. The second-order valence-electron chi connectivity index (χ2n) is 4.87. The summed E-state index contributed by atoms with van der Waals surface area (Å²) < 4.78 is 10.5. The third kappa shape index (κ3) is 5.57. The van der Waals surface area contributed by atoms with E-state index in [1.165, 1.54) is 0 Å². The number of carbonyl (C=O) groups excluding carboxylic acids is 1. The fourth-order valence-electron chi connectivity index (χ4n) is 2.22. The average Bonchev–Trinajstić information content (AvgIpc) is 2.39. The second kappa shape index (κ2) is 8.12. The largest absolute Gasteiger partial charge is 0.481 e. The van der Waals surface area contributed by atoms with Crippen LogP contribution in [0.25, 0.3) is 0 Å². The van der Waals surface area contributed by atoms with Crippen molar-refractivity contribution in [1.82, 2.24) is 5.32 Å². The van der Waals surface area contributed by atoms with Gasteiger partial charge in [-0.1, -0.05) is 0 Å². The number of nitrogens with one attached hydrogen (secondary N) is 1. The van der Waals surface area contributed by atoms with Gasteiger partial charge >= 0.3 is 5.97 Å². The molecule has 1 rings (SSSR count). The van der Waals surface area contributed by atoms with Crippen molar-refractivity contribution in [2.75, 3.05) is 20.3 Å². The Balaban J connectivity index is 2.24. The van der Waals surface area contributed by atoms with Gasteiger partial charge in [0.2, 0.25) is 5.91 Å². The number of amides is 1. The molecule has 0 saturated heterocycles. The predicted molar refractivity (Wildman–Crippen MR) is 68.8 cm³/mol. The monoisotopic (exact) mass is 273 g/mol. The molecular formula is C13H23NO5. The summed E-state index contributed by atoms with van der Waals surface area (Å²) in [6.45, 7) is 2.66. The van der Waals surface area contributed by atoms with E-state index in [0.29, 0.717) is 38.8 Å². The van der Waals surface area contributed by atoms with Crippen molar-refractivity contribution in [3.63, 3.8) is 0 Å². The molecule has 0 aromatic heterocycles. The van der Waals surface area contributed by atoms with Gasteiger partial charge in [0.15, 0.2) is 0 Å². The SMILES string of the molecule is COCCNC(=O)C(C)OC1CCC(C(=O)O)CC1. The van der Waals surface area contributed by atoms with Crippen molar-refractivity contribution in [2.45, 2.75) is 44.8 Å². The van der Waals surface area contributed by atoms with Crippen LogP contribution >= 0.6 is 0 Å². The quantitative estimate of drug-likeness (QED) is 0.670. The minimum Gasteiger partial charge on any atom is -0.481 e. The molecular weight excluding hydrogens is 250 g/mol. The topological polar surface area (TPSA) is 84.9 Å². The standard InChI is InChI=1S/C13H23NO5/c1-9(12(15)14-7-8-18-2)19-11-5-3-10(4-6-11)13(16)17/h9-11H,3-8H2,1-2H3,(H,14,15)(H,16,17). The number of carboxylic acids is 1. The summed E-state index contributed by atoms with van der Waals surface area (Å²) >= 11 is 0. The molecule has 2 N–H and O–H groups in total. The van der Waals surface area contributed by atoms with Gasteiger partial charge in [-0.3, -0.25) is 9.59 Å². The van der Waals surface area contributed by atoms with Crippen LogP contribution in [-0.4, -0.2) is 49.5 Å². The zero-order chi connectivity index (χ0) is 14.3. The van der Waals surface area contributed by atoms with Gasteiger partial charge in [-0.2, -0.15) is 0 Å². The van der Waals surface area contributed by atoms with Gasteiger partial charge in [0.1, 0.15) is 6.10 Å². The first kappa shape index (κ1) is 15.9. The highest BCUT2D eigenvalue weighted by atomic mass is 16.5. The van der Waals surface area contributed by atoms with Gasteiger partial charge < -0.3 is 19.9 Å². The van der Waals surface area contributed by atoms with Crippen molar-refractivity contribution >= 4 is 11.9 Å². The molecule has 0 aliphatic heterocycles. The lowest BCUT2D eigenvalue weighted by Crippen LogP contribution is -2.39. The van der Waals surface area contributed by atoms with Crippen molar-refractivity contribution in [3.8, 4) is 0 Å². The molecule has 0 aromatic carbocycles. The second-order valence-corrected chi connectivity index (χ2v) is 4.87. The molecule has 1 unspecified atom stereocenters. The van der Waals surface area contributed by atoms with Crippen LogP contribution in [0.15, 0.2) is 0 Å². The number of carbonyl (C=O) groups is 2. The van der Waals surface area contributed by atoms with E-state index in [0.717, 1.165) is 0 Å². The zero-order valence-electron chi connectivity index (χ0n) is 11.6. The molecule has 0 radical (unpaired) electrons. The van der Waals surface area contributed by atoms with Crippen LogP contribution < -0.4 is 5.32 Å². The molecule has 1 amide bonds. The number of rotatable bonds is 7. The Bertz CT molecular complexity index is 299. The highest BCUT2D eigenvalue weighted by Gasteiger charge is 2.28. The Kier molecular flexibility index (Phi) is 6.80. The Labute approximate surface area is 113 Å². The maximum absolute atomic E-state index is 11.7. The number of carboxylic acid groups (broad SMARTS) is 1. The first-order chi connectivity index (χ1) is 9.04. The van der Waals surface area contributed by atoms with Crippen LogP contribution in [0.2, 0.25) is 0 Å². The molecule has 1 aliphatic rings. The van der Waals surface area contributed by atoms with Gasteiger partial charge in [0.05, 0.1) is 18.6 Å². The van der Waals surface area contributed by atoms with Crippen LogP contribution in [0, 0.1) is 5.92 Å². The summed E-state index contributed by atoms with van der Waals surface area (Å²) in [5.41, 5.74) is 0. The Morgan fingerprint density at radius 3 is 2.47 bits per heavy atom. The van der Waals surface area contributed by atoms with Crippen LogP contribution in [0.3, 0.4) is 0 Å². The number of hydrogen-bond acceptors (Lipinski definition) is 4. The Morgan fingerprint density at radius 2 is 1.95 bits per heavy atom. The molecule has 1 fully saturated rings. The van der Waals surface area contributed by atoms with E-state index in [1.54, 1.807) is 14.0 Å². The molecule has 19 heavy (non-hydrogen) atoms. The summed E-state index contributed by atoms with van der Waals surface area (Å²) in [7, 11) is 1.58. The number of hydrogen-bond donors (Lipinski definition) is 2. The van der Waals surface area contributed by atoms with E-state index in [2.05, 4.69) is 5.32 Å². The van der Waals surface area contributed by atoms with Gasteiger partial charge in [-0.25, -0.2) is 0 Å². The molecule has 0 spiro atoms. The summed E-state index contributed by atoms with van der Waals surface area (Å²) in [6, 6.07) is 0. The van der Waals surface area contributed by atoms with E-state index in [-0.39, 0.29) is 17.9 Å². The molecule has 6 heteroatoms. The smallest absolute Gasteiger partial charge is 0.306 e. The molecule has 110 valence electrons. The zero-order valence-corrected chi connectivity index (χ0v) is 11.6. The predicted octanol–water partition coefficient (Wildman–Crippen LogP) is 0.797. The van der Waals surface area contributed by atoms with E-state index in [4.69, 9.17) is 14.6 Å². The Morgan fingerprint density at radius 1 is 1.32 bits per heavy atom. The number of aliphatic carboxylic acids is 1.